The van der Waals surface area contributed by atoms with E-state index in [1.807, 2.05) is 6.92 Å². The van der Waals surface area contributed by atoms with Gasteiger partial charge in [-0.25, -0.2) is 4.79 Å². The Morgan fingerprint density at radius 3 is 1.83 bits per heavy atom. The third-order valence-corrected chi connectivity index (χ3v) is 3.59. The number of nitrogens with two attached hydrogens (primary N) is 2. The van der Waals surface area contributed by atoms with Crippen molar-refractivity contribution in [2.24, 2.45) is 11.5 Å². The number of nitrogens with zero attached hydrogens (tertiary/aromatic N) is 1. The number of carbonyl (C=O) groups excluding carboxylic acids is 1. The van der Waals surface area contributed by atoms with Crippen molar-refractivity contribution in [2.75, 3.05) is 72.4 Å². The quantitative estimate of drug-likeness (QED) is 0.213. The van der Waals surface area contributed by atoms with E-state index in [1.165, 1.54) is 0 Å². The third-order valence-electron chi connectivity index (χ3n) is 3.59. The summed E-state index contributed by atoms with van der Waals surface area (Å²) in [6.07, 6.45) is -0.141. The number of amides is 1. The molecule has 10 nitrogen and oxygen atoms in total. The van der Waals surface area contributed by atoms with Gasteiger partial charge >= 0.3 is 6.09 Å². The van der Waals surface area contributed by atoms with E-state index >= 15 is 0 Å². The zero-order valence-corrected chi connectivity index (χ0v) is 18.6. The Kier molecular flexibility index (Phi) is 17.2. The molecule has 0 spiro atoms. The average Bonchev–Trinajstić information content (AvgIpc) is 2.64. The summed E-state index contributed by atoms with van der Waals surface area (Å²) in [5.41, 5.74) is 12.6. The Morgan fingerprint density at radius 2 is 1.38 bits per heavy atom. The van der Waals surface area contributed by atoms with E-state index in [-0.39, 0.29) is 6.10 Å². The Bertz CT molecular complexity index is 383. The van der Waals surface area contributed by atoms with E-state index in [9.17, 15) is 4.79 Å². The fraction of sp³-hybridized carbons (Fsp3) is 0.947. The van der Waals surface area contributed by atoms with Crippen LogP contribution in [0.15, 0.2) is 0 Å². The summed E-state index contributed by atoms with van der Waals surface area (Å²) in [6, 6.07) is 0. The summed E-state index contributed by atoms with van der Waals surface area (Å²) < 4.78 is 21.7. The highest BCUT2D eigenvalue weighted by Gasteiger charge is 2.16. The molecule has 0 aliphatic heterocycles. The highest BCUT2D eigenvalue weighted by Crippen LogP contribution is 2.06. The second kappa shape index (κ2) is 17.8. The van der Waals surface area contributed by atoms with Gasteiger partial charge in [0.05, 0.1) is 39.1 Å². The summed E-state index contributed by atoms with van der Waals surface area (Å²) in [5.74, 6) is 0. The second-order valence-corrected chi connectivity index (χ2v) is 7.58. The summed E-state index contributed by atoms with van der Waals surface area (Å²) in [4.78, 5) is 19.0. The Balaban J connectivity index is 3.90. The number of hydrogen-bond donors (Lipinski definition) is 3. The molecule has 174 valence electrons. The number of nitrogens with one attached hydrogen (secondary N) is 1. The molecule has 0 aromatic carbocycles. The van der Waals surface area contributed by atoms with Crippen molar-refractivity contribution in [3.63, 3.8) is 0 Å². The van der Waals surface area contributed by atoms with Crippen LogP contribution in [0.5, 0.6) is 0 Å². The van der Waals surface area contributed by atoms with Crippen LogP contribution in [0.4, 0.5) is 4.79 Å². The van der Waals surface area contributed by atoms with Crippen molar-refractivity contribution >= 4 is 6.09 Å². The first-order valence-corrected chi connectivity index (χ1v) is 10.3. The Labute approximate surface area is 175 Å². The molecule has 5 N–H and O–H groups in total. The van der Waals surface area contributed by atoms with Crippen LogP contribution in [-0.4, -0.2) is 95.1 Å². The maximum atomic E-state index is 11.5. The predicted octanol–water partition coefficient (Wildman–Crippen LogP) is 0.491. The van der Waals surface area contributed by atoms with Crippen molar-refractivity contribution < 1.29 is 28.6 Å². The first-order chi connectivity index (χ1) is 13.8. The normalized spacial score (nSPS) is 12.9. The van der Waals surface area contributed by atoms with Crippen LogP contribution in [-0.2, 0) is 23.8 Å². The first-order valence-electron chi connectivity index (χ1n) is 10.3. The molecule has 1 amide bonds. The second-order valence-electron chi connectivity index (χ2n) is 7.58. The van der Waals surface area contributed by atoms with Gasteiger partial charge in [0.1, 0.15) is 5.60 Å². The van der Waals surface area contributed by atoms with E-state index < -0.39 is 11.7 Å². The lowest BCUT2D eigenvalue weighted by Gasteiger charge is -2.22. The minimum Gasteiger partial charge on any atom is -0.442 e. The van der Waals surface area contributed by atoms with Crippen molar-refractivity contribution in [3.8, 4) is 0 Å². The molecule has 1 unspecified atom stereocenters. The molecule has 0 rings (SSSR count). The molecule has 29 heavy (non-hydrogen) atoms. The minimum atomic E-state index is -0.602. The molecule has 0 aromatic rings. The minimum absolute atomic E-state index is 0.187. The average molecular weight is 423 g/mol. The highest BCUT2D eigenvalue weighted by atomic mass is 16.7. The van der Waals surface area contributed by atoms with Crippen LogP contribution in [0, 0.1) is 0 Å². The number of hydrogen-bond acceptors (Lipinski definition) is 9. The van der Waals surface area contributed by atoms with Crippen LogP contribution in [0.1, 0.15) is 34.1 Å². The topological polar surface area (TPSA) is 131 Å². The van der Waals surface area contributed by atoms with E-state index in [0.717, 1.165) is 19.6 Å². The lowest BCUT2D eigenvalue weighted by Crippen LogP contribution is -2.35. The third kappa shape index (κ3) is 20.1. The molecule has 0 radical (unpaired) electrons. The molecule has 1 atom stereocenters. The Morgan fingerprint density at radius 1 is 0.897 bits per heavy atom. The fourth-order valence-electron chi connectivity index (χ4n) is 2.15. The molecule has 0 bridgehead atoms. The lowest BCUT2D eigenvalue weighted by atomic mass is 10.2. The zero-order chi connectivity index (χ0) is 22.0. The van der Waals surface area contributed by atoms with Crippen LogP contribution < -0.4 is 16.9 Å². The van der Waals surface area contributed by atoms with Crippen molar-refractivity contribution in [1.82, 2.24) is 10.4 Å². The molecule has 0 fully saturated rings. The van der Waals surface area contributed by atoms with Gasteiger partial charge in [0.25, 0.3) is 0 Å². The maximum absolute atomic E-state index is 11.5. The van der Waals surface area contributed by atoms with Gasteiger partial charge in [0, 0.05) is 39.3 Å². The van der Waals surface area contributed by atoms with Crippen molar-refractivity contribution in [2.45, 2.75) is 45.8 Å². The highest BCUT2D eigenvalue weighted by molar-refractivity contribution is 5.66. The first kappa shape index (κ1) is 28.0. The summed E-state index contributed by atoms with van der Waals surface area (Å²) >= 11 is 0. The summed E-state index contributed by atoms with van der Waals surface area (Å²) in [5, 5.41) is 0. The molecule has 0 aliphatic rings. The molecule has 0 saturated heterocycles. The van der Waals surface area contributed by atoms with Crippen LogP contribution in [0.2, 0.25) is 0 Å². The Hall–Kier alpha value is -1.01. The van der Waals surface area contributed by atoms with Crippen molar-refractivity contribution in [1.29, 1.82) is 0 Å². The van der Waals surface area contributed by atoms with Gasteiger partial charge in [0.15, 0.2) is 0 Å². The largest absolute Gasteiger partial charge is 0.442 e. The van der Waals surface area contributed by atoms with Gasteiger partial charge in [-0.3, -0.25) is 9.74 Å². The summed E-state index contributed by atoms with van der Waals surface area (Å²) in [7, 11) is 0. The van der Waals surface area contributed by atoms with E-state index in [2.05, 4.69) is 10.4 Å². The lowest BCUT2D eigenvalue weighted by molar-refractivity contribution is -0.0466. The van der Waals surface area contributed by atoms with Crippen LogP contribution >= 0.6 is 0 Å². The molecule has 0 aliphatic carbocycles. The van der Waals surface area contributed by atoms with Gasteiger partial charge in [-0.1, -0.05) is 0 Å². The molecule has 0 saturated carbocycles. The molecule has 10 heteroatoms. The van der Waals surface area contributed by atoms with Crippen LogP contribution in [0.25, 0.3) is 0 Å². The molecule has 0 aromatic heterocycles. The van der Waals surface area contributed by atoms with Gasteiger partial charge < -0.3 is 30.4 Å². The monoisotopic (exact) mass is 422 g/mol. The van der Waals surface area contributed by atoms with Gasteiger partial charge in [0.2, 0.25) is 0 Å². The maximum Gasteiger partial charge on any atom is 0.431 e. The van der Waals surface area contributed by atoms with Gasteiger partial charge in [-0.05, 0) is 34.1 Å². The standard InChI is InChI=1S/C19H42N4O6/c1-17(29-22-18(24)28-19(2,3)4)5-11-25-14-8-23(9-15-26-12-6-20)10-16-27-13-7-21/h17H,5-16,20-21H2,1-4H3,(H,22,24). The number of hydroxylamine groups is 1. The SMILES string of the molecule is CC(CCOCCN(CCOCCN)CCOCCN)ONC(=O)OC(C)(C)C. The van der Waals surface area contributed by atoms with Crippen molar-refractivity contribution in [3.05, 3.63) is 0 Å². The van der Waals surface area contributed by atoms with Gasteiger partial charge in [-0.15, -0.1) is 0 Å². The molecule has 0 heterocycles. The van der Waals surface area contributed by atoms with Gasteiger partial charge in [-0.2, -0.15) is 5.48 Å². The molecular weight excluding hydrogens is 380 g/mol. The number of rotatable bonds is 18. The van der Waals surface area contributed by atoms with E-state index in [4.69, 9.17) is 35.3 Å². The van der Waals surface area contributed by atoms with Crippen LogP contribution in [0.3, 0.4) is 0 Å². The number of ether oxygens (including phenoxy) is 4. The smallest absolute Gasteiger partial charge is 0.431 e. The molecular formula is C19H42N4O6. The predicted molar refractivity (Wildman–Crippen MR) is 112 cm³/mol. The summed E-state index contributed by atoms with van der Waals surface area (Å²) in [6.45, 7) is 14.1. The fourth-order valence-corrected chi connectivity index (χ4v) is 2.15. The zero-order valence-electron chi connectivity index (χ0n) is 18.6. The number of carbonyl (C=O) groups is 1. The van der Waals surface area contributed by atoms with E-state index in [1.54, 1.807) is 20.8 Å². The van der Waals surface area contributed by atoms with E-state index in [0.29, 0.717) is 59.2 Å².